The van der Waals surface area contributed by atoms with Crippen molar-refractivity contribution in [1.82, 2.24) is 19.7 Å². The van der Waals surface area contributed by atoms with E-state index in [1.165, 1.54) is 0 Å². The Balaban J connectivity index is 1.83. The van der Waals surface area contributed by atoms with Gasteiger partial charge in [-0.25, -0.2) is 4.98 Å². The molecule has 0 unspecified atom stereocenters. The molecule has 0 aliphatic heterocycles. The molecule has 1 N–H and O–H groups in total. The Kier molecular flexibility index (Phi) is 3.45. The Morgan fingerprint density at radius 3 is 2.75 bits per heavy atom. The highest BCUT2D eigenvalue weighted by Gasteiger charge is 2.14. The van der Waals surface area contributed by atoms with Crippen LogP contribution in [-0.2, 0) is 6.54 Å². The lowest BCUT2D eigenvalue weighted by atomic mass is 10.1. The minimum Gasteiger partial charge on any atom is -0.408 e. The number of aryl methyl sites for hydroxylation is 1. The van der Waals surface area contributed by atoms with Crippen molar-refractivity contribution in [1.29, 1.82) is 0 Å². The third-order valence-electron chi connectivity index (χ3n) is 2.98. The summed E-state index contributed by atoms with van der Waals surface area (Å²) >= 11 is 0. The first-order valence-electron chi connectivity index (χ1n) is 6.38. The van der Waals surface area contributed by atoms with Crippen molar-refractivity contribution in [3.8, 4) is 0 Å². The molecule has 0 amide bonds. The van der Waals surface area contributed by atoms with E-state index in [0.29, 0.717) is 11.9 Å². The van der Waals surface area contributed by atoms with Crippen LogP contribution in [0.1, 0.15) is 17.5 Å². The van der Waals surface area contributed by atoms with Gasteiger partial charge in [0.25, 0.3) is 0 Å². The van der Waals surface area contributed by atoms with Crippen LogP contribution in [0.15, 0.2) is 53.5 Å². The number of anilines is 1. The van der Waals surface area contributed by atoms with E-state index in [2.05, 4.69) is 32.6 Å². The molecule has 102 valence electrons. The topological polar surface area (TPSA) is 68.8 Å². The van der Waals surface area contributed by atoms with Gasteiger partial charge in [-0.2, -0.15) is 0 Å². The van der Waals surface area contributed by atoms with Crippen LogP contribution in [-0.4, -0.2) is 19.7 Å². The van der Waals surface area contributed by atoms with E-state index < -0.39 is 0 Å². The average molecular weight is 269 g/mol. The summed E-state index contributed by atoms with van der Waals surface area (Å²) in [6.07, 6.45) is 5.48. The highest BCUT2D eigenvalue weighted by atomic mass is 16.4. The fourth-order valence-corrected chi connectivity index (χ4v) is 2.03. The van der Waals surface area contributed by atoms with Gasteiger partial charge in [0.05, 0.1) is 12.4 Å². The molecule has 0 saturated carbocycles. The predicted molar refractivity (Wildman–Crippen MR) is 74.1 cm³/mol. The highest BCUT2D eigenvalue weighted by molar-refractivity contribution is 5.29. The standard InChI is InChI=1S/C14H15N5O/c1-11-17-18-14(20-11)16-13(9-19-8-7-15-10-19)12-5-3-2-4-6-12/h2-8,10,13H,9H2,1H3,(H,16,18)/t13-/m1/s1. The summed E-state index contributed by atoms with van der Waals surface area (Å²) in [5.74, 6) is 0.543. The second kappa shape index (κ2) is 5.56. The maximum atomic E-state index is 5.40. The van der Waals surface area contributed by atoms with E-state index in [1.807, 2.05) is 29.0 Å². The molecule has 0 saturated heterocycles. The molecule has 6 nitrogen and oxygen atoms in total. The van der Waals surface area contributed by atoms with Crippen molar-refractivity contribution in [2.24, 2.45) is 0 Å². The van der Waals surface area contributed by atoms with Gasteiger partial charge in [0.1, 0.15) is 0 Å². The molecule has 0 fully saturated rings. The summed E-state index contributed by atoms with van der Waals surface area (Å²) in [5.41, 5.74) is 1.15. The molecule has 3 aromatic rings. The molecule has 0 spiro atoms. The van der Waals surface area contributed by atoms with E-state index in [9.17, 15) is 0 Å². The molecule has 0 aliphatic carbocycles. The molecule has 20 heavy (non-hydrogen) atoms. The molecule has 0 aliphatic rings. The van der Waals surface area contributed by atoms with Crippen molar-refractivity contribution in [2.75, 3.05) is 5.32 Å². The molecular formula is C14H15N5O. The van der Waals surface area contributed by atoms with Gasteiger partial charge in [-0.05, 0) is 5.56 Å². The molecule has 0 bridgehead atoms. The zero-order valence-corrected chi connectivity index (χ0v) is 11.1. The van der Waals surface area contributed by atoms with Crippen molar-refractivity contribution in [3.63, 3.8) is 0 Å². The number of rotatable bonds is 5. The zero-order chi connectivity index (χ0) is 13.8. The molecule has 0 radical (unpaired) electrons. The van der Waals surface area contributed by atoms with Gasteiger partial charge in [-0.1, -0.05) is 35.4 Å². The van der Waals surface area contributed by atoms with Gasteiger partial charge in [-0.3, -0.25) is 0 Å². The smallest absolute Gasteiger partial charge is 0.316 e. The number of nitrogens with zero attached hydrogens (tertiary/aromatic N) is 4. The van der Waals surface area contributed by atoms with Crippen LogP contribution >= 0.6 is 0 Å². The Bertz CT molecular complexity index is 647. The Morgan fingerprint density at radius 1 is 1.25 bits per heavy atom. The Labute approximate surface area is 116 Å². The monoisotopic (exact) mass is 269 g/mol. The van der Waals surface area contributed by atoms with Crippen LogP contribution in [0.25, 0.3) is 0 Å². The second-order valence-corrected chi connectivity index (χ2v) is 4.49. The van der Waals surface area contributed by atoms with E-state index in [4.69, 9.17) is 4.42 Å². The summed E-state index contributed by atoms with van der Waals surface area (Å²) in [5, 5.41) is 11.1. The van der Waals surface area contributed by atoms with Gasteiger partial charge in [0.2, 0.25) is 5.89 Å². The number of hydrogen-bond acceptors (Lipinski definition) is 5. The number of aromatic nitrogens is 4. The average Bonchev–Trinajstić information content (AvgIpc) is 3.11. The van der Waals surface area contributed by atoms with E-state index in [1.54, 1.807) is 19.4 Å². The first-order chi connectivity index (χ1) is 9.81. The lowest BCUT2D eigenvalue weighted by molar-refractivity contribution is 0.511. The van der Waals surface area contributed by atoms with Crippen LogP contribution in [0, 0.1) is 6.92 Å². The summed E-state index contributed by atoms with van der Waals surface area (Å²) in [6.45, 7) is 2.50. The van der Waals surface area contributed by atoms with Gasteiger partial charge in [-0.15, -0.1) is 5.10 Å². The number of nitrogens with one attached hydrogen (secondary N) is 1. The minimum absolute atomic E-state index is 0.0326. The predicted octanol–water partition coefficient (Wildman–Crippen LogP) is 2.43. The molecule has 1 atom stereocenters. The fourth-order valence-electron chi connectivity index (χ4n) is 2.03. The van der Waals surface area contributed by atoms with Crippen LogP contribution in [0.3, 0.4) is 0 Å². The van der Waals surface area contributed by atoms with Gasteiger partial charge in [0, 0.05) is 25.9 Å². The van der Waals surface area contributed by atoms with E-state index in [0.717, 1.165) is 12.1 Å². The van der Waals surface area contributed by atoms with Gasteiger partial charge >= 0.3 is 6.01 Å². The van der Waals surface area contributed by atoms with Crippen LogP contribution in [0.4, 0.5) is 6.01 Å². The maximum Gasteiger partial charge on any atom is 0.316 e. The lowest BCUT2D eigenvalue weighted by Gasteiger charge is -2.18. The first kappa shape index (κ1) is 12.4. The van der Waals surface area contributed by atoms with Crippen LogP contribution < -0.4 is 5.32 Å². The van der Waals surface area contributed by atoms with Crippen molar-refractivity contribution >= 4 is 6.01 Å². The number of imidazole rings is 1. The quantitative estimate of drug-likeness (QED) is 0.770. The summed E-state index contributed by atoms with van der Waals surface area (Å²) in [6, 6.07) is 10.6. The second-order valence-electron chi connectivity index (χ2n) is 4.49. The summed E-state index contributed by atoms with van der Waals surface area (Å²) in [7, 11) is 0. The first-order valence-corrected chi connectivity index (χ1v) is 6.38. The zero-order valence-electron chi connectivity index (χ0n) is 11.1. The molecule has 3 rings (SSSR count). The van der Waals surface area contributed by atoms with Crippen molar-refractivity contribution < 1.29 is 4.42 Å². The largest absolute Gasteiger partial charge is 0.408 e. The van der Waals surface area contributed by atoms with Crippen molar-refractivity contribution in [2.45, 2.75) is 19.5 Å². The SMILES string of the molecule is Cc1nnc(N[C@H](Cn2ccnc2)c2ccccc2)o1. The van der Waals surface area contributed by atoms with Crippen LogP contribution in [0.5, 0.6) is 0 Å². The Hall–Kier alpha value is -2.63. The van der Waals surface area contributed by atoms with E-state index >= 15 is 0 Å². The van der Waals surface area contributed by atoms with Crippen LogP contribution in [0.2, 0.25) is 0 Å². The molecular weight excluding hydrogens is 254 g/mol. The van der Waals surface area contributed by atoms with Crippen molar-refractivity contribution in [3.05, 3.63) is 60.5 Å². The molecule has 2 aromatic heterocycles. The minimum atomic E-state index is 0.0326. The van der Waals surface area contributed by atoms with E-state index in [-0.39, 0.29) is 6.04 Å². The van der Waals surface area contributed by atoms with Gasteiger partial charge in [0.15, 0.2) is 0 Å². The lowest BCUT2D eigenvalue weighted by Crippen LogP contribution is -2.17. The summed E-state index contributed by atoms with van der Waals surface area (Å²) < 4.78 is 7.40. The summed E-state index contributed by atoms with van der Waals surface area (Å²) in [4.78, 5) is 4.06. The normalized spacial score (nSPS) is 12.2. The fraction of sp³-hybridized carbons (Fsp3) is 0.214. The third kappa shape index (κ3) is 2.85. The maximum absolute atomic E-state index is 5.40. The number of benzene rings is 1. The molecule has 6 heteroatoms. The Morgan fingerprint density at radius 2 is 2.10 bits per heavy atom. The number of hydrogen-bond donors (Lipinski definition) is 1. The highest BCUT2D eigenvalue weighted by Crippen LogP contribution is 2.20. The molecule has 1 aromatic carbocycles. The van der Waals surface area contributed by atoms with Gasteiger partial charge < -0.3 is 14.3 Å². The third-order valence-corrected chi connectivity index (χ3v) is 2.98. The molecule has 2 heterocycles.